The van der Waals surface area contributed by atoms with E-state index in [0.29, 0.717) is 26.1 Å². The Balaban J connectivity index is 2.22. The maximum absolute atomic E-state index is 11.9. The van der Waals surface area contributed by atoms with Gasteiger partial charge in [0.15, 0.2) is 5.25 Å². The van der Waals surface area contributed by atoms with E-state index in [2.05, 4.69) is 5.32 Å². The van der Waals surface area contributed by atoms with Crippen LogP contribution in [0.3, 0.4) is 0 Å². The van der Waals surface area contributed by atoms with E-state index < -0.39 is 21.2 Å². The molecule has 0 saturated carbocycles. The number of hydrogen-bond acceptors (Lipinski definition) is 4. The predicted octanol–water partition coefficient (Wildman–Crippen LogP) is -1.16. The fourth-order valence-corrected chi connectivity index (χ4v) is 3.98. The summed E-state index contributed by atoms with van der Waals surface area (Å²) in [5.41, 5.74) is 0. The third kappa shape index (κ3) is 1.75. The summed E-state index contributed by atoms with van der Waals surface area (Å²) >= 11 is 0. The summed E-state index contributed by atoms with van der Waals surface area (Å²) < 4.78 is 25.2. The number of carboxylic acid groups (broad SMARTS) is 1. The molecule has 2 aliphatic heterocycles. The van der Waals surface area contributed by atoms with Crippen LogP contribution in [0.4, 0.5) is 0 Å². The molecule has 2 fully saturated rings. The molecule has 0 radical (unpaired) electrons. The van der Waals surface area contributed by atoms with Gasteiger partial charge in [0.2, 0.25) is 10.0 Å². The van der Waals surface area contributed by atoms with Crippen molar-refractivity contribution in [1.29, 1.82) is 0 Å². The maximum Gasteiger partial charge on any atom is 0.323 e. The van der Waals surface area contributed by atoms with Gasteiger partial charge in [0.1, 0.15) is 0 Å². The van der Waals surface area contributed by atoms with Gasteiger partial charge in [-0.1, -0.05) is 0 Å². The highest BCUT2D eigenvalue weighted by molar-refractivity contribution is 7.90. The zero-order chi connectivity index (χ0) is 11.1. The summed E-state index contributed by atoms with van der Waals surface area (Å²) in [6.07, 6.45) is 0.862. The molecule has 2 rings (SSSR count). The minimum atomic E-state index is -3.63. The number of hydrogen-bond donors (Lipinski definition) is 2. The number of carbonyl (C=O) groups is 1. The largest absolute Gasteiger partial charge is 0.480 e. The molecule has 0 aromatic carbocycles. The standard InChI is InChI=1S/C8H14N2O4S/c11-8(12)7-2-1-3-10(15(7,13)14)6-4-9-5-6/h6-7,9H,1-5H2,(H,11,12). The molecule has 2 heterocycles. The summed E-state index contributed by atoms with van der Waals surface area (Å²) in [6, 6.07) is -0.0443. The van der Waals surface area contributed by atoms with Crippen molar-refractivity contribution in [1.82, 2.24) is 9.62 Å². The molecule has 6 nitrogen and oxygen atoms in total. The lowest BCUT2D eigenvalue weighted by atomic mass is 10.1. The molecule has 2 aliphatic rings. The van der Waals surface area contributed by atoms with Gasteiger partial charge in [-0.25, -0.2) is 8.42 Å². The molecular weight excluding hydrogens is 220 g/mol. The van der Waals surface area contributed by atoms with Crippen molar-refractivity contribution in [3.8, 4) is 0 Å². The lowest BCUT2D eigenvalue weighted by Crippen LogP contribution is -2.62. The molecule has 1 atom stereocenters. The van der Waals surface area contributed by atoms with Crippen LogP contribution in [-0.4, -0.2) is 54.7 Å². The van der Waals surface area contributed by atoms with Crippen LogP contribution >= 0.6 is 0 Å². The first-order valence-corrected chi connectivity index (χ1v) is 6.48. The van der Waals surface area contributed by atoms with Gasteiger partial charge in [-0.3, -0.25) is 4.79 Å². The molecule has 2 saturated heterocycles. The normalized spacial score (nSPS) is 32.1. The first-order chi connectivity index (χ1) is 7.03. The predicted molar refractivity (Wildman–Crippen MR) is 52.9 cm³/mol. The number of carboxylic acids is 1. The van der Waals surface area contributed by atoms with Gasteiger partial charge < -0.3 is 10.4 Å². The van der Waals surface area contributed by atoms with E-state index in [-0.39, 0.29) is 12.5 Å². The molecule has 0 amide bonds. The smallest absolute Gasteiger partial charge is 0.323 e. The Morgan fingerprint density at radius 2 is 2.07 bits per heavy atom. The number of nitrogens with one attached hydrogen (secondary N) is 1. The second-order valence-electron chi connectivity index (χ2n) is 3.94. The Kier molecular flexibility index (Phi) is 2.70. The highest BCUT2D eigenvalue weighted by Crippen LogP contribution is 2.24. The van der Waals surface area contributed by atoms with Gasteiger partial charge in [0.05, 0.1) is 0 Å². The maximum atomic E-state index is 11.9. The van der Waals surface area contributed by atoms with Crippen LogP contribution in [0.1, 0.15) is 12.8 Å². The van der Waals surface area contributed by atoms with Crippen LogP contribution in [0, 0.1) is 0 Å². The lowest BCUT2D eigenvalue weighted by Gasteiger charge is -2.40. The van der Waals surface area contributed by atoms with E-state index in [9.17, 15) is 13.2 Å². The first-order valence-electron chi connectivity index (χ1n) is 4.97. The Hall–Kier alpha value is -0.660. The van der Waals surface area contributed by atoms with Crippen LogP contribution in [0.2, 0.25) is 0 Å². The lowest BCUT2D eigenvalue weighted by molar-refractivity contribution is -0.136. The van der Waals surface area contributed by atoms with Crippen LogP contribution < -0.4 is 5.32 Å². The molecular formula is C8H14N2O4S. The zero-order valence-electron chi connectivity index (χ0n) is 8.22. The Morgan fingerprint density at radius 1 is 1.40 bits per heavy atom. The summed E-state index contributed by atoms with van der Waals surface area (Å²) in [4.78, 5) is 10.8. The van der Waals surface area contributed by atoms with Crippen molar-refractivity contribution >= 4 is 16.0 Å². The summed E-state index contributed by atoms with van der Waals surface area (Å²) in [5.74, 6) is -1.23. The van der Waals surface area contributed by atoms with Gasteiger partial charge in [0, 0.05) is 25.7 Å². The number of rotatable bonds is 2. The summed E-state index contributed by atoms with van der Waals surface area (Å²) in [7, 11) is -3.63. The SMILES string of the molecule is O=C(O)C1CCCN(C2CNC2)S1(=O)=O. The third-order valence-electron chi connectivity index (χ3n) is 2.97. The zero-order valence-corrected chi connectivity index (χ0v) is 9.03. The van der Waals surface area contributed by atoms with E-state index >= 15 is 0 Å². The van der Waals surface area contributed by atoms with Crippen LogP contribution in [0.25, 0.3) is 0 Å². The molecule has 0 bridgehead atoms. The first kappa shape index (κ1) is 10.8. The topological polar surface area (TPSA) is 86.7 Å². The van der Waals surface area contributed by atoms with Crippen molar-refractivity contribution in [2.45, 2.75) is 24.1 Å². The van der Waals surface area contributed by atoms with Crippen LogP contribution in [-0.2, 0) is 14.8 Å². The van der Waals surface area contributed by atoms with E-state index in [4.69, 9.17) is 5.11 Å². The van der Waals surface area contributed by atoms with E-state index in [1.165, 1.54) is 4.31 Å². The molecule has 0 aromatic heterocycles. The highest BCUT2D eigenvalue weighted by Gasteiger charge is 2.44. The average molecular weight is 234 g/mol. The number of aliphatic carboxylic acids is 1. The quantitative estimate of drug-likeness (QED) is 0.629. The van der Waals surface area contributed by atoms with Gasteiger partial charge in [-0.15, -0.1) is 0 Å². The molecule has 0 aliphatic carbocycles. The monoisotopic (exact) mass is 234 g/mol. The summed E-state index contributed by atoms with van der Waals surface area (Å²) in [6.45, 7) is 1.72. The second kappa shape index (κ2) is 3.73. The second-order valence-corrected chi connectivity index (χ2v) is 6.00. The van der Waals surface area contributed by atoms with Crippen molar-refractivity contribution in [3.05, 3.63) is 0 Å². The minimum Gasteiger partial charge on any atom is -0.480 e. The number of sulfonamides is 1. The van der Waals surface area contributed by atoms with Gasteiger partial charge in [-0.05, 0) is 12.8 Å². The van der Waals surface area contributed by atoms with E-state index in [1.807, 2.05) is 0 Å². The molecule has 0 aromatic rings. The molecule has 15 heavy (non-hydrogen) atoms. The van der Waals surface area contributed by atoms with Gasteiger partial charge in [0.25, 0.3) is 0 Å². The molecule has 7 heteroatoms. The Bertz CT molecular complexity index is 363. The van der Waals surface area contributed by atoms with Gasteiger partial charge >= 0.3 is 5.97 Å². The van der Waals surface area contributed by atoms with Gasteiger partial charge in [-0.2, -0.15) is 4.31 Å². The van der Waals surface area contributed by atoms with Crippen LogP contribution in [0.15, 0.2) is 0 Å². The average Bonchev–Trinajstić information content (AvgIpc) is 2.04. The molecule has 1 unspecified atom stereocenters. The van der Waals surface area contributed by atoms with Crippen molar-refractivity contribution in [2.24, 2.45) is 0 Å². The molecule has 86 valence electrons. The third-order valence-corrected chi connectivity index (χ3v) is 5.26. The van der Waals surface area contributed by atoms with Crippen LogP contribution in [0.5, 0.6) is 0 Å². The Labute approximate surface area is 88.3 Å². The molecule has 2 N–H and O–H groups in total. The van der Waals surface area contributed by atoms with Crippen molar-refractivity contribution in [3.63, 3.8) is 0 Å². The fourth-order valence-electron chi connectivity index (χ4n) is 1.99. The van der Waals surface area contributed by atoms with E-state index in [0.717, 1.165) is 0 Å². The summed E-state index contributed by atoms with van der Waals surface area (Å²) in [5, 5.41) is 10.6. The minimum absolute atomic E-state index is 0.0443. The fraction of sp³-hybridized carbons (Fsp3) is 0.875. The molecule has 0 spiro atoms. The van der Waals surface area contributed by atoms with Crippen molar-refractivity contribution < 1.29 is 18.3 Å². The van der Waals surface area contributed by atoms with E-state index in [1.54, 1.807) is 0 Å². The van der Waals surface area contributed by atoms with Crippen molar-refractivity contribution in [2.75, 3.05) is 19.6 Å². The number of nitrogens with zero attached hydrogens (tertiary/aromatic N) is 1. The Morgan fingerprint density at radius 3 is 2.53 bits per heavy atom. The highest BCUT2D eigenvalue weighted by atomic mass is 32.2.